The largest absolute Gasteiger partial charge is 0.493 e. The molecule has 1 aliphatic heterocycles. The third kappa shape index (κ3) is 4.84. The van der Waals surface area contributed by atoms with Gasteiger partial charge in [-0.1, -0.05) is 12.1 Å². The molecule has 0 fully saturated rings. The number of carbonyl (C=O) groups excluding carboxylic acids is 2. The smallest absolute Gasteiger partial charge is 0.345 e. The van der Waals surface area contributed by atoms with Crippen molar-refractivity contribution in [3.8, 4) is 23.0 Å². The lowest BCUT2D eigenvalue weighted by Crippen LogP contribution is -2.42. The van der Waals surface area contributed by atoms with Crippen molar-refractivity contribution in [2.75, 3.05) is 13.7 Å². The average Bonchev–Trinajstić information content (AvgIpc) is 2.85. The summed E-state index contributed by atoms with van der Waals surface area (Å²) in [5, 5.41) is 3.95. The second kappa shape index (κ2) is 9.61. The quantitative estimate of drug-likeness (QED) is 0.275. The molecular formula is C23H19N3O6. The van der Waals surface area contributed by atoms with Crippen molar-refractivity contribution in [2.24, 2.45) is 5.10 Å². The predicted molar refractivity (Wildman–Crippen MR) is 114 cm³/mol. The monoisotopic (exact) mass is 433 g/mol. The highest BCUT2D eigenvalue weighted by Crippen LogP contribution is 2.31. The summed E-state index contributed by atoms with van der Waals surface area (Å²) in [4.78, 5) is 28.4. The number of aromatic nitrogens is 1. The highest BCUT2D eigenvalue weighted by atomic mass is 16.6. The van der Waals surface area contributed by atoms with Gasteiger partial charge >= 0.3 is 5.97 Å². The Morgan fingerprint density at radius 1 is 1.12 bits per heavy atom. The van der Waals surface area contributed by atoms with E-state index in [2.05, 4.69) is 15.5 Å². The number of methoxy groups -OCH3 is 1. The number of carbonyl (C=O) groups is 2. The van der Waals surface area contributed by atoms with Gasteiger partial charge in [-0.15, -0.1) is 0 Å². The fraction of sp³-hybridized carbons (Fsp3) is 0.130. The van der Waals surface area contributed by atoms with Gasteiger partial charge in [0.1, 0.15) is 6.61 Å². The van der Waals surface area contributed by atoms with Crippen LogP contribution in [0.5, 0.6) is 23.0 Å². The van der Waals surface area contributed by atoms with Crippen LogP contribution >= 0.6 is 0 Å². The predicted octanol–water partition coefficient (Wildman–Crippen LogP) is 2.60. The van der Waals surface area contributed by atoms with Gasteiger partial charge in [0.2, 0.25) is 6.10 Å². The number of benzene rings is 2. The van der Waals surface area contributed by atoms with Crippen LogP contribution in [0, 0.1) is 0 Å². The first-order valence-electron chi connectivity index (χ1n) is 9.65. The molecule has 0 bridgehead atoms. The Morgan fingerprint density at radius 3 is 2.75 bits per heavy atom. The Bertz CT molecular complexity index is 1150. The summed E-state index contributed by atoms with van der Waals surface area (Å²) in [7, 11) is 1.46. The van der Waals surface area contributed by atoms with Crippen molar-refractivity contribution in [2.45, 2.75) is 6.10 Å². The number of para-hydroxylation sites is 2. The van der Waals surface area contributed by atoms with Crippen molar-refractivity contribution in [1.82, 2.24) is 10.4 Å². The Morgan fingerprint density at radius 2 is 1.97 bits per heavy atom. The van der Waals surface area contributed by atoms with Gasteiger partial charge < -0.3 is 18.9 Å². The lowest BCUT2D eigenvalue weighted by Gasteiger charge is -2.24. The number of hydrogen-bond donors (Lipinski definition) is 1. The number of hydrogen-bond acceptors (Lipinski definition) is 8. The van der Waals surface area contributed by atoms with E-state index >= 15 is 0 Å². The van der Waals surface area contributed by atoms with Crippen LogP contribution in [0.1, 0.15) is 15.9 Å². The van der Waals surface area contributed by atoms with Crippen LogP contribution in [-0.4, -0.2) is 42.9 Å². The number of ether oxygens (including phenoxy) is 4. The number of hydrazone groups is 1. The molecular weight excluding hydrogens is 414 g/mol. The Hall–Kier alpha value is -4.40. The average molecular weight is 433 g/mol. The normalized spacial score (nSPS) is 14.6. The zero-order valence-electron chi connectivity index (χ0n) is 17.1. The van der Waals surface area contributed by atoms with Crippen LogP contribution in [0.3, 0.4) is 0 Å². The lowest BCUT2D eigenvalue weighted by molar-refractivity contribution is -0.130. The maximum atomic E-state index is 12.3. The molecule has 4 rings (SSSR count). The van der Waals surface area contributed by atoms with Gasteiger partial charge in [-0.05, 0) is 48.0 Å². The molecule has 0 radical (unpaired) electrons. The molecule has 1 unspecified atom stereocenters. The summed E-state index contributed by atoms with van der Waals surface area (Å²) in [6, 6.07) is 15.2. The highest BCUT2D eigenvalue weighted by molar-refractivity contribution is 5.91. The Labute approximate surface area is 183 Å². The van der Waals surface area contributed by atoms with Gasteiger partial charge in [-0.3, -0.25) is 9.78 Å². The molecule has 1 aliphatic rings. The van der Waals surface area contributed by atoms with Gasteiger partial charge in [0.15, 0.2) is 23.0 Å². The number of pyridine rings is 1. The van der Waals surface area contributed by atoms with Crippen molar-refractivity contribution in [3.05, 3.63) is 78.1 Å². The van der Waals surface area contributed by atoms with E-state index in [1.165, 1.54) is 19.5 Å². The van der Waals surface area contributed by atoms with E-state index in [0.29, 0.717) is 28.4 Å². The lowest BCUT2D eigenvalue weighted by atomic mass is 10.2. The third-order valence-electron chi connectivity index (χ3n) is 4.48. The number of nitrogens with zero attached hydrogens (tertiary/aromatic N) is 2. The van der Waals surface area contributed by atoms with Crippen molar-refractivity contribution in [1.29, 1.82) is 0 Å². The van der Waals surface area contributed by atoms with Crippen LogP contribution in [-0.2, 0) is 4.79 Å². The van der Waals surface area contributed by atoms with Gasteiger partial charge in [0.05, 0.1) is 18.9 Å². The summed E-state index contributed by atoms with van der Waals surface area (Å²) < 4.78 is 21.8. The zero-order valence-corrected chi connectivity index (χ0v) is 17.1. The van der Waals surface area contributed by atoms with Crippen LogP contribution in [0.15, 0.2) is 72.1 Å². The molecule has 0 saturated heterocycles. The number of amides is 1. The summed E-state index contributed by atoms with van der Waals surface area (Å²) in [5.41, 5.74) is 3.37. The number of esters is 1. The van der Waals surface area contributed by atoms with E-state index in [9.17, 15) is 9.59 Å². The zero-order chi connectivity index (χ0) is 22.3. The molecule has 9 heteroatoms. The molecule has 3 aromatic rings. The van der Waals surface area contributed by atoms with Gasteiger partial charge in [0.25, 0.3) is 5.91 Å². The minimum atomic E-state index is -0.814. The first-order valence-corrected chi connectivity index (χ1v) is 9.65. The summed E-state index contributed by atoms with van der Waals surface area (Å²) in [6.45, 7) is 0.0865. The SMILES string of the molecule is COc1cc(/C=N/NC(=O)C2COc3ccccc3O2)ccc1OC(=O)c1cccnc1. The van der Waals surface area contributed by atoms with Crippen LogP contribution < -0.4 is 24.4 Å². The first kappa shape index (κ1) is 20.9. The molecule has 1 aromatic heterocycles. The summed E-state index contributed by atoms with van der Waals surface area (Å²) in [6.07, 6.45) is 3.60. The molecule has 1 N–H and O–H groups in total. The molecule has 0 aliphatic carbocycles. The van der Waals surface area contributed by atoms with Gasteiger partial charge in [-0.25, -0.2) is 10.2 Å². The fourth-order valence-electron chi connectivity index (χ4n) is 2.88. The molecule has 9 nitrogen and oxygen atoms in total. The molecule has 1 atom stereocenters. The topological polar surface area (TPSA) is 108 Å². The molecule has 2 aromatic carbocycles. The highest BCUT2D eigenvalue weighted by Gasteiger charge is 2.27. The fourth-order valence-corrected chi connectivity index (χ4v) is 2.88. The maximum absolute atomic E-state index is 12.3. The minimum Gasteiger partial charge on any atom is -0.493 e. The minimum absolute atomic E-state index is 0.0865. The van der Waals surface area contributed by atoms with E-state index in [1.54, 1.807) is 54.7 Å². The first-order chi connectivity index (χ1) is 15.6. The van der Waals surface area contributed by atoms with E-state index < -0.39 is 18.0 Å². The van der Waals surface area contributed by atoms with E-state index in [1.807, 2.05) is 6.07 Å². The molecule has 0 saturated carbocycles. The Balaban J connectivity index is 1.37. The second-order valence-electron chi connectivity index (χ2n) is 6.64. The second-order valence-corrected chi connectivity index (χ2v) is 6.64. The van der Waals surface area contributed by atoms with E-state index in [4.69, 9.17) is 18.9 Å². The van der Waals surface area contributed by atoms with Crippen LogP contribution in [0.2, 0.25) is 0 Å². The molecule has 162 valence electrons. The van der Waals surface area contributed by atoms with Gasteiger partial charge in [-0.2, -0.15) is 5.10 Å². The van der Waals surface area contributed by atoms with E-state index in [0.717, 1.165) is 0 Å². The van der Waals surface area contributed by atoms with Crippen LogP contribution in [0.25, 0.3) is 0 Å². The maximum Gasteiger partial charge on any atom is 0.345 e. The van der Waals surface area contributed by atoms with Gasteiger partial charge in [0, 0.05) is 12.4 Å². The number of rotatable bonds is 6. The third-order valence-corrected chi connectivity index (χ3v) is 4.48. The van der Waals surface area contributed by atoms with Crippen molar-refractivity contribution < 1.29 is 28.5 Å². The number of nitrogens with one attached hydrogen (secondary N) is 1. The summed E-state index contributed by atoms with van der Waals surface area (Å²) in [5.74, 6) is 0.679. The molecule has 32 heavy (non-hydrogen) atoms. The molecule has 1 amide bonds. The Kier molecular flexibility index (Phi) is 6.26. The molecule has 0 spiro atoms. The van der Waals surface area contributed by atoms with Crippen molar-refractivity contribution >= 4 is 18.1 Å². The number of fused-ring (bicyclic) bond motifs is 1. The molecule has 2 heterocycles. The summed E-state index contributed by atoms with van der Waals surface area (Å²) >= 11 is 0. The van der Waals surface area contributed by atoms with Crippen molar-refractivity contribution in [3.63, 3.8) is 0 Å². The standard InChI is InChI=1S/C23H19N3O6/c1-29-20-11-15(8-9-19(20)32-23(28)16-5-4-10-24-13-16)12-25-26-22(27)21-14-30-17-6-2-3-7-18(17)31-21/h2-13,21H,14H2,1H3,(H,26,27)/b25-12+. The van der Waals surface area contributed by atoms with E-state index in [-0.39, 0.29) is 12.4 Å². The van der Waals surface area contributed by atoms with Crippen LogP contribution in [0.4, 0.5) is 0 Å².